The largest absolute Gasteiger partial charge is 0.491 e. The van der Waals surface area contributed by atoms with Crippen LogP contribution in [0.25, 0.3) is 11.1 Å². The molecule has 3 aromatic rings. The zero-order chi connectivity index (χ0) is 35.4. The maximum Gasteiger partial charge on any atom is 0.243 e. The van der Waals surface area contributed by atoms with Crippen molar-refractivity contribution in [2.75, 3.05) is 39.5 Å². The average Bonchev–Trinajstić information content (AvgIpc) is 4.05. The normalized spacial score (nSPS) is 23.1. The lowest BCUT2D eigenvalue weighted by atomic mass is 9.88. The van der Waals surface area contributed by atoms with Gasteiger partial charge in [0, 0.05) is 36.8 Å². The second-order valence-electron chi connectivity index (χ2n) is 14.4. The number of hydrogen-bond acceptors (Lipinski definition) is 10. The third kappa shape index (κ3) is 6.84. The van der Waals surface area contributed by atoms with Gasteiger partial charge in [-0.15, -0.1) is 0 Å². The fourth-order valence-electron chi connectivity index (χ4n) is 7.08. The molecule has 11 nitrogen and oxygen atoms in total. The zero-order valence-corrected chi connectivity index (χ0v) is 29.4. The molecule has 50 heavy (non-hydrogen) atoms. The van der Waals surface area contributed by atoms with Crippen LogP contribution in [0, 0.1) is 5.82 Å². The van der Waals surface area contributed by atoms with Crippen LogP contribution < -0.4 is 15.8 Å². The number of nitrogens with one attached hydrogen (secondary N) is 1. The molecule has 7 rings (SSSR count). The van der Waals surface area contributed by atoms with E-state index in [1.165, 1.54) is 34.6 Å². The number of nitrogens with zero attached hydrogens (tertiary/aromatic N) is 1. The van der Waals surface area contributed by atoms with Crippen LogP contribution in [-0.4, -0.2) is 93.3 Å². The second-order valence-corrected chi connectivity index (χ2v) is 18.6. The number of benzene rings is 3. The van der Waals surface area contributed by atoms with Gasteiger partial charge in [-0.3, -0.25) is 0 Å². The number of halogens is 1. The van der Waals surface area contributed by atoms with Crippen molar-refractivity contribution in [2.45, 2.75) is 82.8 Å². The Labute approximate surface area is 292 Å². The first kappa shape index (κ1) is 35.5. The monoisotopic (exact) mass is 729 g/mol. The number of aliphatic hydroxyl groups excluding tert-OH is 2. The van der Waals surface area contributed by atoms with E-state index >= 15 is 0 Å². The number of hydrogen-bond donors (Lipinski definition) is 4. The van der Waals surface area contributed by atoms with E-state index in [9.17, 15) is 31.4 Å². The summed E-state index contributed by atoms with van der Waals surface area (Å²) in [6, 6.07) is 17.3. The lowest BCUT2D eigenvalue weighted by Crippen LogP contribution is -2.47. The minimum Gasteiger partial charge on any atom is -0.491 e. The fraction of sp³-hybridized carbons (Fsp3) is 0.500. The quantitative estimate of drug-likeness (QED) is 0.205. The third-order valence-electron chi connectivity index (χ3n) is 10.8. The Morgan fingerprint density at radius 1 is 0.960 bits per heavy atom. The van der Waals surface area contributed by atoms with Crippen LogP contribution in [0.3, 0.4) is 0 Å². The molecule has 3 aromatic carbocycles. The highest BCUT2D eigenvalue weighted by atomic mass is 32.2. The topological polar surface area (TPSA) is 168 Å². The Kier molecular flexibility index (Phi) is 9.38. The number of rotatable bonds is 13. The summed E-state index contributed by atoms with van der Waals surface area (Å²) in [7, 11) is -7.56. The van der Waals surface area contributed by atoms with Gasteiger partial charge in [0.05, 0.1) is 33.4 Å². The summed E-state index contributed by atoms with van der Waals surface area (Å²) >= 11 is 0. The SMILES string of the molecule is NC1(c2ccc(-c3cc(S(=O)(=O)N4CCC5(CC4)C[C@H](NC[C@H](O)COc4cccc(S(=O)(=O)C6(CO)CC6)c4)CO5)ccc3F)cc2)CC1. The van der Waals surface area contributed by atoms with E-state index in [1.54, 1.807) is 24.3 Å². The van der Waals surface area contributed by atoms with Gasteiger partial charge in [-0.2, -0.15) is 4.31 Å². The van der Waals surface area contributed by atoms with Crippen LogP contribution in [0.15, 0.2) is 76.5 Å². The molecule has 2 atom stereocenters. The summed E-state index contributed by atoms with van der Waals surface area (Å²) in [5, 5.41) is 23.5. The van der Waals surface area contributed by atoms with E-state index in [0.29, 0.717) is 50.0 Å². The molecule has 2 aliphatic heterocycles. The molecule has 4 fully saturated rings. The standard InChI is InChI=1S/C36H44FN3O8S2/c37-33-9-8-31(19-32(33)25-4-6-26(7-5-25)36(38)12-13-36)50(45,46)40-16-14-34(15-17-40)20-27(22-48-34)39-21-28(42)23-47-29-2-1-3-30(18-29)49(43,44)35(24-41)10-11-35/h1-9,18-19,27-28,39,41-42H,10-17,20-24,38H2/t27-,28-/m0/s1. The summed E-state index contributed by atoms with van der Waals surface area (Å²) < 4.78 is 80.3. The number of nitrogens with two attached hydrogens (primary N) is 1. The van der Waals surface area contributed by atoms with Crippen molar-refractivity contribution < 1.29 is 40.9 Å². The molecule has 2 saturated carbocycles. The first-order valence-electron chi connectivity index (χ1n) is 17.1. The molecule has 4 aliphatic rings. The number of ether oxygens (including phenoxy) is 2. The Morgan fingerprint density at radius 2 is 1.68 bits per heavy atom. The predicted molar refractivity (Wildman–Crippen MR) is 184 cm³/mol. The van der Waals surface area contributed by atoms with Gasteiger partial charge in [-0.1, -0.05) is 30.3 Å². The minimum absolute atomic E-state index is 0.0415. The molecule has 14 heteroatoms. The molecule has 0 bridgehead atoms. The number of sulfone groups is 1. The van der Waals surface area contributed by atoms with Gasteiger partial charge >= 0.3 is 0 Å². The van der Waals surface area contributed by atoms with E-state index in [-0.39, 0.29) is 53.2 Å². The van der Waals surface area contributed by atoms with Crippen LogP contribution in [0.2, 0.25) is 0 Å². The molecule has 2 saturated heterocycles. The number of piperidine rings is 1. The molecular weight excluding hydrogens is 686 g/mol. The van der Waals surface area contributed by atoms with Gasteiger partial charge in [-0.25, -0.2) is 21.2 Å². The zero-order valence-electron chi connectivity index (χ0n) is 27.8. The molecule has 1 spiro atoms. The predicted octanol–water partition coefficient (Wildman–Crippen LogP) is 3.08. The molecular formula is C36H44FN3O8S2. The Morgan fingerprint density at radius 3 is 2.34 bits per heavy atom. The van der Waals surface area contributed by atoms with Crippen LogP contribution in [-0.2, 0) is 30.1 Å². The summed E-state index contributed by atoms with van der Waals surface area (Å²) in [6.45, 7) is 0.687. The van der Waals surface area contributed by atoms with Crippen LogP contribution >= 0.6 is 0 Å². The van der Waals surface area contributed by atoms with Crippen LogP contribution in [0.1, 0.15) is 50.5 Å². The maximum atomic E-state index is 14.9. The first-order valence-corrected chi connectivity index (χ1v) is 20.0. The molecule has 0 unspecified atom stereocenters. The molecule has 2 aliphatic carbocycles. The highest BCUT2D eigenvalue weighted by Crippen LogP contribution is 2.47. The van der Waals surface area contributed by atoms with E-state index in [4.69, 9.17) is 15.2 Å². The van der Waals surface area contributed by atoms with Crippen molar-refractivity contribution in [1.29, 1.82) is 0 Å². The van der Waals surface area contributed by atoms with E-state index in [0.717, 1.165) is 18.4 Å². The van der Waals surface area contributed by atoms with Crippen molar-refractivity contribution in [2.24, 2.45) is 5.73 Å². The summed E-state index contributed by atoms with van der Waals surface area (Å²) in [5.74, 6) is -0.184. The van der Waals surface area contributed by atoms with E-state index in [1.807, 2.05) is 12.1 Å². The summed E-state index contributed by atoms with van der Waals surface area (Å²) in [5.41, 5.74) is 7.29. The van der Waals surface area contributed by atoms with Gasteiger partial charge < -0.3 is 30.7 Å². The van der Waals surface area contributed by atoms with Crippen molar-refractivity contribution in [3.05, 3.63) is 78.1 Å². The van der Waals surface area contributed by atoms with Gasteiger partial charge in [0.2, 0.25) is 10.0 Å². The lowest BCUT2D eigenvalue weighted by molar-refractivity contribution is -0.0312. The molecule has 0 amide bonds. The van der Waals surface area contributed by atoms with Crippen LogP contribution in [0.4, 0.5) is 4.39 Å². The third-order valence-corrected chi connectivity index (χ3v) is 15.3. The van der Waals surface area contributed by atoms with Crippen molar-refractivity contribution in [3.63, 3.8) is 0 Å². The fourth-order valence-corrected chi connectivity index (χ4v) is 10.4. The minimum atomic E-state index is -3.87. The van der Waals surface area contributed by atoms with Gasteiger partial charge in [0.25, 0.3) is 0 Å². The second kappa shape index (κ2) is 13.2. The highest BCUT2D eigenvalue weighted by Gasteiger charge is 2.54. The smallest absolute Gasteiger partial charge is 0.243 e. The van der Waals surface area contributed by atoms with Gasteiger partial charge in [0.1, 0.15) is 24.3 Å². The molecule has 0 radical (unpaired) electrons. The number of sulfonamides is 1. The van der Waals surface area contributed by atoms with Crippen molar-refractivity contribution >= 4 is 19.9 Å². The summed E-state index contributed by atoms with van der Waals surface area (Å²) in [6.07, 6.45) is 3.46. The van der Waals surface area contributed by atoms with E-state index < -0.39 is 48.7 Å². The maximum absolute atomic E-state index is 14.9. The first-order chi connectivity index (χ1) is 23.8. The Balaban J connectivity index is 0.897. The lowest BCUT2D eigenvalue weighted by Gasteiger charge is -2.38. The molecule has 0 aromatic heterocycles. The molecule has 270 valence electrons. The Hall–Kier alpha value is -2.95. The Bertz CT molecular complexity index is 1940. The summed E-state index contributed by atoms with van der Waals surface area (Å²) in [4.78, 5) is 0.128. The average molecular weight is 730 g/mol. The number of aliphatic hydroxyl groups is 2. The molecule has 2 heterocycles. The van der Waals surface area contributed by atoms with Gasteiger partial charge in [-0.05, 0) is 92.5 Å². The van der Waals surface area contributed by atoms with Crippen molar-refractivity contribution in [3.8, 4) is 16.9 Å². The van der Waals surface area contributed by atoms with Crippen LogP contribution in [0.5, 0.6) is 5.75 Å². The van der Waals surface area contributed by atoms with Crippen molar-refractivity contribution in [1.82, 2.24) is 9.62 Å². The molecule has 5 N–H and O–H groups in total. The highest BCUT2D eigenvalue weighted by molar-refractivity contribution is 7.93. The van der Waals surface area contributed by atoms with Gasteiger partial charge in [0.15, 0.2) is 9.84 Å². The van der Waals surface area contributed by atoms with E-state index in [2.05, 4.69) is 5.32 Å².